The second-order valence-electron chi connectivity index (χ2n) is 7.23. The van der Waals surface area contributed by atoms with Gasteiger partial charge in [0, 0.05) is 18.0 Å². The van der Waals surface area contributed by atoms with Crippen molar-refractivity contribution in [2.75, 3.05) is 12.3 Å². The lowest BCUT2D eigenvalue weighted by Crippen LogP contribution is -2.44. The summed E-state index contributed by atoms with van der Waals surface area (Å²) in [4.78, 5) is 18.0. The average molecular weight is 343 g/mol. The SMILES string of the molecule is C[C@@H]1CCCCN1C(=O)CS(=O)(=O)Cc1noc(C(C)(C)C)n1. The zero-order chi connectivity index (χ0) is 17.3. The van der Waals surface area contributed by atoms with E-state index in [0.29, 0.717) is 12.4 Å². The number of sulfone groups is 1. The van der Waals surface area contributed by atoms with Gasteiger partial charge in [-0.15, -0.1) is 0 Å². The first-order chi connectivity index (χ1) is 10.6. The first-order valence-electron chi connectivity index (χ1n) is 7.91. The molecule has 1 amide bonds. The predicted octanol–water partition coefficient (Wildman–Crippen LogP) is 1.68. The van der Waals surface area contributed by atoms with Crippen LogP contribution in [0.2, 0.25) is 0 Å². The third kappa shape index (κ3) is 4.76. The molecule has 7 nitrogen and oxygen atoms in total. The average Bonchev–Trinajstić information content (AvgIpc) is 2.86. The van der Waals surface area contributed by atoms with Crippen LogP contribution in [-0.2, 0) is 25.8 Å². The molecule has 1 aliphatic heterocycles. The molecule has 2 rings (SSSR count). The van der Waals surface area contributed by atoms with Gasteiger partial charge in [-0.3, -0.25) is 4.79 Å². The summed E-state index contributed by atoms with van der Waals surface area (Å²) >= 11 is 0. The van der Waals surface area contributed by atoms with Crippen LogP contribution in [0, 0.1) is 0 Å². The molecule has 0 bridgehead atoms. The van der Waals surface area contributed by atoms with Gasteiger partial charge in [0.2, 0.25) is 11.8 Å². The molecule has 1 saturated heterocycles. The Morgan fingerprint density at radius 1 is 1.35 bits per heavy atom. The van der Waals surface area contributed by atoms with Crippen molar-refractivity contribution in [3.8, 4) is 0 Å². The number of rotatable bonds is 4. The maximum atomic E-state index is 12.3. The Morgan fingerprint density at radius 2 is 2.04 bits per heavy atom. The monoisotopic (exact) mass is 343 g/mol. The van der Waals surface area contributed by atoms with Crippen molar-refractivity contribution in [3.05, 3.63) is 11.7 Å². The number of hydrogen-bond acceptors (Lipinski definition) is 6. The van der Waals surface area contributed by atoms with E-state index in [1.807, 2.05) is 27.7 Å². The lowest BCUT2D eigenvalue weighted by molar-refractivity contribution is -0.131. The summed E-state index contributed by atoms with van der Waals surface area (Å²) in [5.41, 5.74) is -0.339. The van der Waals surface area contributed by atoms with Gasteiger partial charge in [0.1, 0.15) is 11.5 Å². The van der Waals surface area contributed by atoms with Crippen molar-refractivity contribution >= 4 is 15.7 Å². The van der Waals surface area contributed by atoms with E-state index in [9.17, 15) is 13.2 Å². The Bertz CT molecular complexity index is 661. The van der Waals surface area contributed by atoms with E-state index in [-0.39, 0.29) is 28.9 Å². The lowest BCUT2D eigenvalue weighted by Gasteiger charge is -2.33. The van der Waals surface area contributed by atoms with E-state index in [1.165, 1.54) is 0 Å². The Kier molecular flexibility index (Phi) is 5.13. The summed E-state index contributed by atoms with van der Waals surface area (Å²) in [6, 6.07) is 0.101. The first kappa shape index (κ1) is 17.9. The van der Waals surface area contributed by atoms with Crippen molar-refractivity contribution < 1.29 is 17.7 Å². The van der Waals surface area contributed by atoms with Gasteiger partial charge in [-0.1, -0.05) is 25.9 Å². The van der Waals surface area contributed by atoms with Crippen LogP contribution in [0.4, 0.5) is 0 Å². The molecule has 130 valence electrons. The summed E-state index contributed by atoms with van der Waals surface area (Å²) in [6.45, 7) is 8.30. The number of aromatic nitrogens is 2. The second-order valence-corrected chi connectivity index (χ2v) is 9.29. The van der Waals surface area contributed by atoms with Crippen LogP contribution in [0.5, 0.6) is 0 Å². The number of hydrogen-bond donors (Lipinski definition) is 0. The highest BCUT2D eigenvalue weighted by molar-refractivity contribution is 7.91. The Balaban J connectivity index is 2.01. The second kappa shape index (κ2) is 6.59. The van der Waals surface area contributed by atoms with Crippen LogP contribution in [0.15, 0.2) is 4.52 Å². The normalized spacial score (nSPS) is 19.8. The van der Waals surface area contributed by atoms with Gasteiger partial charge in [-0.05, 0) is 26.2 Å². The first-order valence-corrected chi connectivity index (χ1v) is 9.73. The standard InChI is InChI=1S/C15H25N3O4S/c1-11-7-5-6-8-18(11)13(19)10-23(20,21)9-12-16-14(22-17-12)15(2,3)4/h11H,5-10H2,1-4H3/t11-/m1/s1. The molecule has 1 aliphatic rings. The third-order valence-electron chi connectivity index (χ3n) is 3.93. The molecule has 0 radical (unpaired) electrons. The fourth-order valence-corrected chi connectivity index (χ4v) is 3.76. The van der Waals surface area contributed by atoms with E-state index in [1.54, 1.807) is 4.90 Å². The van der Waals surface area contributed by atoms with Crippen molar-refractivity contribution in [1.29, 1.82) is 0 Å². The summed E-state index contributed by atoms with van der Waals surface area (Å²) in [7, 11) is -3.61. The summed E-state index contributed by atoms with van der Waals surface area (Å²) < 4.78 is 29.6. The summed E-state index contributed by atoms with van der Waals surface area (Å²) in [6.07, 6.45) is 2.93. The van der Waals surface area contributed by atoms with Crippen LogP contribution in [0.3, 0.4) is 0 Å². The quantitative estimate of drug-likeness (QED) is 0.826. The molecule has 0 aliphatic carbocycles. The Hall–Kier alpha value is -1.44. The molecule has 8 heteroatoms. The van der Waals surface area contributed by atoms with E-state index in [2.05, 4.69) is 10.1 Å². The van der Waals surface area contributed by atoms with Crippen LogP contribution >= 0.6 is 0 Å². The van der Waals surface area contributed by atoms with Gasteiger partial charge in [0.05, 0.1) is 0 Å². The molecule has 2 heterocycles. The number of carbonyl (C=O) groups excluding carboxylic acids is 1. The van der Waals surface area contributed by atoms with Crippen LogP contribution in [-0.4, -0.2) is 47.7 Å². The molecule has 0 spiro atoms. The Morgan fingerprint density at radius 3 is 2.61 bits per heavy atom. The Labute approximate surface area is 137 Å². The minimum atomic E-state index is -3.61. The van der Waals surface area contributed by atoms with Gasteiger partial charge in [0.15, 0.2) is 15.7 Å². The fraction of sp³-hybridized carbons (Fsp3) is 0.800. The van der Waals surface area contributed by atoms with Crippen LogP contribution < -0.4 is 0 Å². The number of carbonyl (C=O) groups is 1. The number of piperidine rings is 1. The van der Waals surface area contributed by atoms with Crippen molar-refractivity contribution in [1.82, 2.24) is 15.0 Å². The van der Waals surface area contributed by atoms with Crippen LogP contribution in [0.25, 0.3) is 0 Å². The van der Waals surface area contributed by atoms with Gasteiger partial charge in [-0.2, -0.15) is 4.98 Å². The van der Waals surface area contributed by atoms with Gasteiger partial charge >= 0.3 is 0 Å². The molecule has 1 atom stereocenters. The van der Waals surface area contributed by atoms with E-state index >= 15 is 0 Å². The van der Waals surface area contributed by atoms with Crippen molar-refractivity contribution in [2.24, 2.45) is 0 Å². The van der Waals surface area contributed by atoms with Crippen molar-refractivity contribution in [2.45, 2.75) is 64.2 Å². The molecule has 0 unspecified atom stereocenters. The van der Waals surface area contributed by atoms with E-state index in [0.717, 1.165) is 19.3 Å². The minimum Gasteiger partial charge on any atom is -0.339 e. The molecule has 1 aromatic heterocycles. The molecule has 0 saturated carbocycles. The van der Waals surface area contributed by atoms with Gasteiger partial charge in [-0.25, -0.2) is 8.42 Å². The maximum Gasteiger partial charge on any atom is 0.238 e. The lowest BCUT2D eigenvalue weighted by atomic mass is 9.97. The number of amides is 1. The largest absolute Gasteiger partial charge is 0.339 e. The molecular weight excluding hydrogens is 318 g/mol. The smallest absolute Gasteiger partial charge is 0.238 e. The molecule has 23 heavy (non-hydrogen) atoms. The molecule has 1 aromatic rings. The topological polar surface area (TPSA) is 93.4 Å². The van der Waals surface area contributed by atoms with E-state index in [4.69, 9.17) is 4.52 Å². The third-order valence-corrected chi connectivity index (χ3v) is 5.31. The molecule has 1 fully saturated rings. The zero-order valence-electron chi connectivity index (χ0n) is 14.2. The summed E-state index contributed by atoms with van der Waals surface area (Å²) in [5, 5.41) is 3.71. The van der Waals surface area contributed by atoms with Crippen LogP contribution in [0.1, 0.15) is 58.7 Å². The highest BCUT2D eigenvalue weighted by atomic mass is 32.2. The van der Waals surface area contributed by atoms with Gasteiger partial charge < -0.3 is 9.42 Å². The molecule has 0 N–H and O–H groups in total. The highest BCUT2D eigenvalue weighted by Gasteiger charge is 2.29. The fourth-order valence-electron chi connectivity index (χ4n) is 2.60. The summed E-state index contributed by atoms with van der Waals surface area (Å²) in [5.74, 6) is -0.720. The van der Waals surface area contributed by atoms with Crippen molar-refractivity contribution in [3.63, 3.8) is 0 Å². The van der Waals surface area contributed by atoms with Gasteiger partial charge in [0.25, 0.3) is 0 Å². The number of likely N-dealkylation sites (tertiary alicyclic amines) is 1. The molecular formula is C15H25N3O4S. The highest BCUT2D eigenvalue weighted by Crippen LogP contribution is 2.21. The number of nitrogens with zero attached hydrogens (tertiary/aromatic N) is 3. The predicted molar refractivity (Wildman–Crippen MR) is 85.5 cm³/mol. The molecule has 0 aromatic carbocycles. The maximum absolute atomic E-state index is 12.3. The van der Waals surface area contributed by atoms with E-state index < -0.39 is 15.6 Å². The minimum absolute atomic E-state index is 0.101. The zero-order valence-corrected chi connectivity index (χ0v) is 15.0.